The van der Waals surface area contributed by atoms with Crippen molar-refractivity contribution < 1.29 is 27.9 Å². The predicted molar refractivity (Wildman–Crippen MR) is 143 cm³/mol. The first kappa shape index (κ1) is 28.5. The normalized spacial score (nSPS) is 15.7. The van der Waals surface area contributed by atoms with Crippen LogP contribution in [0, 0.1) is 0 Å². The first-order chi connectivity index (χ1) is 18.2. The van der Waals surface area contributed by atoms with Gasteiger partial charge in [-0.25, -0.2) is 13.2 Å². The van der Waals surface area contributed by atoms with E-state index in [1.165, 1.54) is 21.3 Å². The molecule has 0 bridgehead atoms. The van der Waals surface area contributed by atoms with Crippen molar-refractivity contribution in [2.75, 3.05) is 39.4 Å². The van der Waals surface area contributed by atoms with Crippen LogP contribution in [0.5, 0.6) is 0 Å². The van der Waals surface area contributed by atoms with E-state index in [1.54, 1.807) is 18.2 Å². The van der Waals surface area contributed by atoms with Crippen LogP contribution < -0.4 is 5.32 Å². The number of Topliss-reactive ketones (excluding diaryl/α,β-unsaturated/α-hetero) is 1. The molecule has 4 rings (SSSR count). The van der Waals surface area contributed by atoms with E-state index in [2.05, 4.69) is 10.3 Å². The van der Waals surface area contributed by atoms with E-state index in [-0.39, 0.29) is 53.1 Å². The fourth-order valence-electron chi connectivity index (χ4n) is 4.06. The van der Waals surface area contributed by atoms with Crippen LogP contribution >= 0.6 is 23.2 Å². The molecule has 10 nitrogen and oxygen atoms in total. The van der Waals surface area contributed by atoms with Crippen molar-refractivity contribution in [1.82, 2.24) is 14.5 Å². The monoisotopic (exact) mass is 582 g/mol. The summed E-state index contributed by atoms with van der Waals surface area (Å²) in [6, 6.07) is 11.7. The summed E-state index contributed by atoms with van der Waals surface area (Å²) in [7, 11) is -3.85. The highest BCUT2D eigenvalue weighted by Crippen LogP contribution is 2.36. The Hall–Kier alpha value is -2.54. The summed E-state index contributed by atoms with van der Waals surface area (Å²) in [5.41, 5.74) is 1.64. The van der Waals surface area contributed by atoms with Crippen LogP contribution in [-0.2, 0) is 26.1 Å². The zero-order valence-corrected chi connectivity index (χ0v) is 22.8. The Balaban J connectivity index is 1.20. The van der Waals surface area contributed by atoms with Crippen LogP contribution in [0.25, 0.3) is 0 Å². The number of nitrogens with zero attached hydrogens (tertiary/aromatic N) is 3. The van der Waals surface area contributed by atoms with Gasteiger partial charge in [0.05, 0.1) is 36.3 Å². The zero-order chi connectivity index (χ0) is 27.3. The van der Waals surface area contributed by atoms with Crippen LogP contribution in [-0.4, -0.2) is 85.9 Å². The minimum atomic E-state index is -3.85. The lowest BCUT2D eigenvalue weighted by Crippen LogP contribution is -2.36. The zero-order valence-electron chi connectivity index (χ0n) is 20.5. The molecule has 0 radical (unpaired) electrons. The molecule has 38 heavy (non-hydrogen) atoms. The largest absolute Gasteiger partial charge is 0.465 e. The molecule has 0 atom stereocenters. The van der Waals surface area contributed by atoms with E-state index >= 15 is 0 Å². The van der Waals surface area contributed by atoms with E-state index in [1.807, 2.05) is 12.1 Å². The number of carboxylic acid groups (broad SMARTS) is 1. The summed E-state index contributed by atoms with van der Waals surface area (Å²) in [5, 5.41) is 12.5. The number of amidine groups is 1. The topological polar surface area (TPSA) is 129 Å². The van der Waals surface area contributed by atoms with Gasteiger partial charge in [-0.3, -0.25) is 14.7 Å². The molecule has 2 aromatic rings. The highest BCUT2D eigenvalue weighted by Gasteiger charge is 2.39. The van der Waals surface area contributed by atoms with E-state index in [0.717, 1.165) is 24.0 Å². The van der Waals surface area contributed by atoms with Crippen LogP contribution in [0.2, 0.25) is 10.0 Å². The maximum absolute atomic E-state index is 13.1. The first-order valence-corrected chi connectivity index (χ1v) is 14.3. The van der Waals surface area contributed by atoms with Gasteiger partial charge in [-0.15, -0.1) is 0 Å². The van der Waals surface area contributed by atoms with Crippen molar-refractivity contribution in [3.8, 4) is 0 Å². The molecule has 1 aliphatic heterocycles. The maximum atomic E-state index is 13.1. The lowest BCUT2D eigenvalue weighted by Gasteiger charge is -2.22. The Morgan fingerprint density at radius 1 is 1.16 bits per heavy atom. The van der Waals surface area contributed by atoms with E-state index < -0.39 is 16.1 Å². The molecule has 0 saturated heterocycles. The minimum Gasteiger partial charge on any atom is -0.465 e. The second-order valence-corrected chi connectivity index (χ2v) is 11.6. The van der Waals surface area contributed by atoms with Crippen LogP contribution in [0.15, 0.2) is 52.4 Å². The fraction of sp³-hybridized carbons (Fsp3) is 0.400. The Labute approximate surface area is 231 Å². The minimum absolute atomic E-state index is 0.00819. The summed E-state index contributed by atoms with van der Waals surface area (Å²) in [4.78, 5) is 29.0. The van der Waals surface area contributed by atoms with Crippen molar-refractivity contribution in [3.63, 3.8) is 0 Å². The molecule has 204 valence electrons. The molecule has 0 spiro atoms. The molecule has 0 unspecified atom stereocenters. The smallest absolute Gasteiger partial charge is 0.413 e. The second kappa shape index (κ2) is 12.5. The number of halogens is 2. The van der Waals surface area contributed by atoms with Gasteiger partial charge in [0.1, 0.15) is 17.3 Å². The predicted octanol–water partition coefficient (Wildman–Crippen LogP) is 3.26. The van der Waals surface area contributed by atoms with Crippen molar-refractivity contribution >= 4 is 50.9 Å². The fourth-order valence-corrected chi connectivity index (χ4v) is 6.47. The van der Waals surface area contributed by atoms with Crippen molar-refractivity contribution in [3.05, 3.63) is 63.6 Å². The molecule has 1 saturated carbocycles. The average molecular weight is 583 g/mol. The summed E-state index contributed by atoms with van der Waals surface area (Å²) in [6.45, 7) is 1.35. The third kappa shape index (κ3) is 6.90. The lowest BCUT2D eigenvalue weighted by molar-refractivity contribution is -0.122. The number of nitrogens with one attached hydrogen (secondary N) is 1. The first-order valence-electron chi connectivity index (χ1n) is 12.1. The van der Waals surface area contributed by atoms with Crippen molar-refractivity contribution in [1.29, 1.82) is 0 Å². The molecule has 2 N–H and O–H groups in total. The summed E-state index contributed by atoms with van der Waals surface area (Å²) in [6.07, 6.45) is 0.487. The van der Waals surface area contributed by atoms with Gasteiger partial charge in [-0.2, -0.15) is 4.31 Å². The highest BCUT2D eigenvalue weighted by atomic mass is 35.5. The van der Waals surface area contributed by atoms with E-state index in [4.69, 9.17) is 27.9 Å². The van der Waals surface area contributed by atoms with Crippen LogP contribution in [0.4, 0.5) is 4.79 Å². The van der Waals surface area contributed by atoms with Gasteiger partial charge in [0, 0.05) is 24.7 Å². The number of aliphatic imine (C=N–C) groups is 1. The number of sulfonamides is 1. The molecule has 1 aliphatic carbocycles. The summed E-state index contributed by atoms with van der Waals surface area (Å²) < 4.78 is 33.1. The number of carbonyl (C=O) groups is 2. The molecular weight excluding hydrogens is 555 g/mol. The van der Waals surface area contributed by atoms with Crippen molar-refractivity contribution in [2.45, 2.75) is 30.3 Å². The number of hydrogen-bond donors (Lipinski definition) is 2. The van der Waals surface area contributed by atoms with Gasteiger partial charge in [0.15, 0.2) is 5.78 Å². The molecule has 1 amide bonds. The number of rotatable bonds is 13. The molecule has 1 heterocycles. The SMILES string of the molecule is O=C(CNCc1ccc(C2=NCCN2C(=O)O)cc1)COCCN(C1CC1)S(=O)(=O)c1cccc(Cl)c1Cl. The van der Waals surface area contributed by atoms with E-state index in [0.29, 0.717) is 25.5 Å². The Kier molecular flexibility index (Phi) is 9.40. The van der Waals surface area contributed by atoms with Crippen LogP contribution in [0.1, 0.15) is 24.0 Å². The number of hydrogen-bond acceptors (Lipinski definition) is 7. The standard InChI is InChI=1S/C25H28Cl2N4O6S/c26-21-2-1-3-22(23(21)27)38(35,36)31(19-8-9-19)12-13-37-16-20(32)15-28-14-17-4-6-18(7-5-17)24-29-10-11-30(24)25(33)34/h1-7,19,28H,8-16H2,(H,33,34). The molecule has 2 aliphatic rings. The van der Waals surface area contributed by atoms with E-state index in [9.17, 15) is 23.1 Å². The highest BCUT2D eigenvalue weighted by molar-refractivity contribution is 7.89. The van der Waals surface area contributed by atoms with Gasteiger partial charge in [-0.1, -0.05) is 53.5 Å². The molecular formula is C25H28Cl2N4O6S. The number of ether oxygens (including phenoxy) is 1. The van der Waals surface area contributed by atoms with Crippen LogP contribution in [0.3, 0.4) is 0 Å². The van der Waals surface area contributed by atoms with Gasteiger partial charge >= 0.3 is 6.09 Å². The third-order valence-corrected chi connectivity index (χ3v) is 9.04. The van der Waals surface area contributed by atoms with Gasteiger partial charge in [-0.05, 0) is 30.5 Å². The number of carbonyl (C=O) groups excluding carboxylic acids is 1. The third-order valence-electron chi connectivity index (χ3n) is 6.11. The number of amides is 1. The Morgan fingerprint density at radius 2 is 1.89 bits per heavy atom. The number of ketones is 1. The molecule has 13 heteroatoms. The molecule has 2 aromatic carbocycles. The molecule has 1 fully saturated rings. The Bertz CT molecular complexity index is 1320. The average Bonchev–Trinajstić information content (AvgIpc) is 3.59. The summed E-state index contributed by atoms with van der Waals surface area (Å²) >= 11 is 12.2. The Morgan fingerprint density at radius 3 is 2.58 bits per heavy atom. The van der Waals surface area contributed by atoms with Gasteiger partial charge in [0.2, 0.25) is 10.0 Å². The second-order valence-electron chi connectivity index (χ2n) is 8.93. The quantitative estimate of drug-likeness (QED) is 0.347. The van der Waals surface area contributed by atoms with Gasteiger partial charge in [0.25, 0.3) is 0 Å². The molecule has 0 aromatic heterocycles. The van der Waals surface area contributed by atoms with Crippen molar-refractivity contribution in [2.24, 2.45) is 4.99 Å². The van der Waals surface area contributed by atoms with Gasteiger partial charge < -0.3 is 15.2 Å². The summed E-state index contributed by atoms with van der Waals surface area (Å²) in [5.74, 6) is 0.269. The maximum Gasteiger partial charge on any atom is 0.413 e. The lowest BCUT2D eigenvalue weighted by atomic mass is 10.1. The number of benzene rings is 2.